The average molecular weight is 307 g/mol. The van der Waals surface area contributed by atoms with Gasteiger partial charge in [0.2, 0.25) is 5.95 Å². The summed E-state index contributed by atoms with van der Waals surface area (Å²) in [5, 5.41) is 0. The van der Waals surface area contributed by atoms with E-state index in [9.17, 15) is 9.18 Å². The summed E-state index contributed by atoms with van der Waals surface area (Å²) in [6, 6.07) is 17.9. The smallest absolute Gasteiger partial charge is 0.212 e. The van der Waals surface area contributed by atoms with Crippen molar-refractivity contribution in [1.82, 2.24) is 4.98 Å². The number of rotatable bonds is 5. The van der Waals surface area contributed by atoms with Gasteiger partial charge in [-0.3, -0.25) is 4.79 Å². The number of aromatic nitrogens is 1. The minimum atomic E-state index is -0.558. The van der Waals surface area contributed by atoms with Crippen molar-refractivity contribution in [2.24, 2.45) is 0 Å². The number of nitrogens with zero attached hydrogens (tertiary/aromatic N) is 1. The second-order valence-electron chi connectivity index (χ2n) is 4.98. The monoisotopic (exact) mass is 307 g/mol. The van der Waals surface area contributed by atoms with Crippen molar-refractivity contribution in [2.75, 3.05) is 0 Å². The molecule has 2 aromatic carbocycles. The molecule has 0 saturated heterocycles. The standard InChI is InChI=1S/C19H14FNO2/c20-19-10-9-15(11-21-19)16-7-4-8-18(17(16)12-22)23-13-14-5-2-1-3-6-14/h1-12H,13H2. The fourth-order valence-electron chi connectivity index (χ4n) is 2.31. The van der Waals surface area contributed by atoms with E-state index >= 15 is 0 Å². The van der Waals surface area contributed by atoms with Crippen LogP contribution < -0.4 is 4.74 Å². The molecule has 0 atom stereocenters. The van der Waals surface area contributed by atoms with Gasteiger partial charge in [0, 0.05) is 11.8 Å². The summed E-state index contributed by atoms with van der Waals surface area (Å²) in [5.74, 6) is -0.0661. The maximum Gasteiger partial charge on any atom is 0.212 e. The average Bonchev–Trinajstić information content (AvgIpc) is 2.61. The van der Waals surface area contributed by atoms with Crippen LogP contribution in [0.4, 0.5) is 4.39 Å². The minimum absolute atomic E-state index is 0.368. The van der Waals surface area contributed by atoms with Crippen LogP contribution in [0.15, 0.2) is 66.9 Å². The molecule has 1 heterocycles. The molecule has 0 fully saturated rings. The molecular weight excluding hydrogens is 293 g/mol. The maximum absolute atomic E-state index is 13.0. The lowest BCUT2D eigenvalue weighted by Gasteiger charge is -2.12. The molecule has 4 heteroatoms. The summed E-state index contributed by atoms with van der Waals surface area (Å²) in [6.07, 6.45) is 2.15. The van der Waals surface area contributed by atoms with Crippen LogP contribution in [0.25, 0.3) is 11.1 Å². The maximum atomic E-state index is 13.0. The number of hydrogen-bond donors (Lipinski definition) is 0. The first kappa shape index (κ1) is 14.9. The molecular formula is C19H14FNO2. The Balaban J connectivity index is 1.91. The molecule has 3 rings (SSSR count). The van der Waals surface area contributed by atoms with E-state index in [0.717, 1.165) is 11.8 Å². The zero-order valence-corrected chi connectivity index (χ0v) is 12.3. The Hall–Kier alpha value is -3.01. The molecule has 0 aliphatic rings. The number of carbonyl (C=O) groups is 1. The molecule has 0 bridgehead atoms. The largest absolute Gasteiger partial charge is 0.488 e. The van der Waals surface area contributed by atoms with Gasteiger partial charge in [0.1, 0.15) is 12.4 Å². The highest BCUT2D eigenvalue weighted by Gasteiger charge is 2.11. The Labute approximate surface area is 133 Å². The molecule has 0 spiro atoms. The Kier molecular flexibility index (Phi) is 4.43. The lowest BCUT2D eigenvalue weighted by Crippen LogP contribution is -2.00. The van der Waals surface area contributed by atoms with Crippen LogP contribution in [0, 0.1) is 5.95 Å². The third-order valence-corrected chi connectivity index (χ3v) is 3.46. The number of aldehydes is 1. The molecule has 23 heavy (non-hydrogen) atoms. The van der Waals surface area contributed by atoms with E-state index < -0.39 is 5.95 Å². The first-order valence-corrected chi connectivity index (χ1v) is 7.15. The number of hydrogen-bond acceptors (Lipinski definition) is 3. The molecule has 114 valence electrons. The summed E-state index contributed by atoms with van der Waals surface area (Å²) in [4.78, 5) is 15.2. The highest BCUT2D eigenvalue weighted by molar-refractivity contribution is 5.90. The summed E-state index contributed by atoms with van der Waals surface area (Å²) in [7, 11) is 0. The lowest BCUT2D eigenvalue weighted by molar-refractivity contribution is 0.111. The van der Waals surface area contributed by atoms with E-state index in [1.807, 2.05) is 30.3 Å². The van der Waals surface area contributed by atoms with Crippen LogP contribution in [0.5, 0.6) is 5.75 Å². The second kappa shape index (κ2) is 6.83. The molecule has 0 aliphatic heterocycles. The predicted molar refractivity (Wildman–Crippen MR) is 85.8 cm³/mol. The van der Waals surface area contributed by atoms with Crippen molar-refractivity contribution < 1.29 is 13.9 Å². The molecule has 0 aliphatic carbocycles. The van der Waals surface area contributed by atoms with Gasteiger partial charge in [-0.05, 0) is 29.3 Å². The fraction of sp³-hybridized carbons (Fsp3) is 0.0526. The van der Waals surface area contributed by atoms with Gasteiger partial charge in [-0.15, -0.1) is 0 Å². The molecule has 3 aromatic rings. The van der Waals surface area contributed by atoms with Crippen molar-refractivity contribution in [1.29, 1.82) is 0 Å². The van der Waals surface area contributed by atoms with Gasteiger partial charge in [0.25, 0.3) is 0 Å². The molecule has 3 nitrogen and oxygen atoms in total. The van der Waals surface area contributed by atoms with Crippen LogP contribution >= 0.6 is 0 Å². The highest BCUT2D eigenvalue weighted by Crippen LogP contribution is 2.29. The van der Waals surface area contributed by atoms with Crippen LogP contribution in [-0.2, 0) is 6.61 Å². The van der Waals surface area contributed by atoms with Gasteiger partial charge in [-0.2, -0.15) is 4.39 Å². The van der Waals surface area contributed by atoms with Crippen molar-refractivity contribution in [3.8, 4) is 16.9 Å². The second-order valence-corrected chi connectivity index (χ2v) is 4.98. The van der Waals surface area contributed by atoms with E-state index in [2.05, 4.69) is 4.98 Å². The number of benzene rings is 2. The van der Waals surface area contributed by atoms with Gasteiger partial charge in [0.15, 0.2) is 6.29 Å². The van der Waals surface area contributed by atoms with E-state index in [0.29, 0.717) is 29.0 Å². The van der Waals surface area contributed by atoms with Gasteiger partial charge < -0.3 is 4.74 Å². The molecule has 0 saturated carbocycles. The third-order valence-electron chi connectivity index (χ3n) is 3.46. The Morgan fingerprint density at radius 2 is 1.83 bits per heavy atom. The third kappa shape index (κ3) is 3.43. The number of pyridine rings is 1. The molecule has 0 unspecified atom stereocenters. The van der Waals surface area contributed by atoms with E-state index in [4.69, 9.17) is 4.74 Å². The van der Waals surface area contributed by atoms with Crippen molar-refractivity contribution in [3.63, 3.8) is 0 Å². The van der Waals surface area contributed by atoms with Gasteiger partial charge in [-0.25, -0.2) is 4.98 Å². The van der Waals surface area contributed by atoms with Crippen molar-refractivity contribution in [2.45, 2.75) is 6.61 Å². The van der Waals surface area contributed by atoms with Gasteiger partial charge >= 0.3 is 0 Å². The predicted octanol–water partition coefficient (Wildman–Crippen LogP) is 4.28. The first-order valence-electron chi connectivity index (χ1n) is 7.15. The van der Waals surface area contributed by atoms with Crippen LogP contribution in [-0.4, -0.2) is 11.3 Å². The van der Waals surface area contributed by atoms with Gasteiger partial charge in [-0.1, -0.05) is 42.5 Å². The van der Waals surface area contributed by atoms with Crippen LogP contribution in [0.1, 0.15) is 15.9 Å². The highest BCUT2D eigenvalue weighted by atomic mass is 19.1. The fourth-order valence-corrected chi connectivity index (χ4v) is 2.31. The molecule has 0 N–H and O–H groups in total. The Morgan fingerprint density at radius 3 is 2.52 bits per heavy atom. The van der Waals surface area contributed by atoms with Gasteiger partial charge in [0.05, 0.1) is 5.56 Å². The Bertz CT molecular complexity index is 801. The Morgan fingerprint density at radius 1 is 1.00 bits per heavy atom. The van der Waals surface area contributed by atoms with Crippen LogP contribution in [0.2, 0.25) is 0 Å². The first-order chi connectivity index (χ1) is 11.3. The SMILES string of the molecule is O=Cc1c(OCc2ccccc2)cccc1-c1ccc(F)nc1. The summed E-state index contributed by atoms with van der Waals surface area (Å²) in [5.41, 5.74) is 2.77. The van der Waals surface area contributed by atoms with E-state index in [1.54, 1.807) is 24.3 Å². The lowest BCUT2D eigenvalue weighted by atomic mass is 10.0. The number of halogens is 1. The summed E-state index contributed by atoms with van der Waals surface area (Å²) >= 11 is 0. The number of ether oxygens (including phenoxy) is 1. The minimum Gasteiger partial charge on any atom is -0.488 e. The zero-order valence-electron chi connectivity index (χ0n) is 12.3. The quantitative estimate of drug-likeness (QED) is 0.522. The summed E-state index contributed by atoms with van der Waals surface area (Å²) < 4.78 is 18.7. The topological polar surface area (TPSA) is 39.2 Å². The molecule has 1 aromatic heterocycles. The van der Waals surface area contributed by atoms with E-state index in [-0.39, 0.29) is 0 Å². The zero-order chi connectivity index (χ0) is 16.1. The summed E-state index contributed by atoms with van der Waals surface area (Å²) in [6.45, 7) is 0.368. The number of carbonyl (C=O) groups excluding carboxylic acids is 1. The normalized spacial score (nSPS) is 10.3. The van der Waals surface area contributed by atoms with Crippen LogP contribution in [0.3, 0.4) is 0 Å². The van der Waals surface area contributed by atoms with Crippen molar-refractivity contribution in [3.05, 3.63) is 83.9 Å². The molecule has 0 amide bonds. The van der Waals surface area contributed by atoms with E-state index in [1.165, 1.54) is 12.3 Å². The van der Waals surface area contributed by atoms with Crippen molar-refractivity contribution >= 4 is 6.29 Å². The molecule has 0 radical (unpaired) electrons.